The zero-order valence-electron chi connectivity index (χ0n) is 12.4. The van der Waals surface area contributed by atoms with Crippen LogP contribution in [-0.4, -0.2) is 38.3 Å². The average Bonchev–Trinajstić information content (AvgIpc) is 2.44. The fraction of sp³-hybridized carbons (Fsp3) is 0.625. The Labute approximate surface area is 120 Å². The highest BCUT2D eigenvalue weighted by Crippen LogP contribution is 2.28. The molecule has 4 heteroatoms. The minimum atomic E-state index is -0.186. The molecule has 1 saturated heterocycles. The molecule has 0 bridgehead atoms. The number of aryl methyl sites for hydroxylation is 1. The molecule has 1 aliphatic rings. The first kappa shape index (κ1) is 15.4. The number of halogens is 1. The third kappa shape index (κ3) is 3.57. The highest BCUT2D eigenvalue weighted by Gasteiger charge is 2.27. The summed E-state index contributed by atoms with van der Waals surface area (Å²) >= 11 is 0. The minimum Gasteiger partial charge on any atom is -0.384 e. The van der Waals surface area contributed by atoms with E-state index in [9.17, 15) is 4.39 Å². The van der Waals surface area contributed by atoms with Gasteiger partial charge in [0.15, 0.2) is 0 Å². The van der Waals surface area contributed by atoms with Crippen LogP contribution in [0, 0.1) is 18.7 Å². The maximum absolute atomic E-state index is 13.5. The summed E-state index contributed by atoms with van der Waals surface area (Å²) in [5.41, 5.74) is 8.10. The molecule has 0 amide bonds. The summed E-state index contributed by atoms with van der Waals surface area (Å²) in [4.78, 5) is 2.38. The predicted octanol–water partition coefficient (Wildman–Crippen LogP) is 2.49. The molecule has 2 N–H and O–H groups in total. The lowest BCUT2D eigenvalue weighted by molar-refractivity contribution is 0.0695. The Morgan fingerprint density at radius 2 is 2.30 bits per heavy atom. The molecule has 0 radical (unpaired) electrons. The lowest BCUT2D eigenvalue weighted by atomic mass is 9.93. The van der Waals surface area contributed by atoms with Gasteiger partial charge in [-0.25, -0.2) is 4.39 Å². The normalized spacial score (nSPS) is 21.9. The molecule has 20 heavy (non-hydrogen) atoms. The van der Waals surface area contributed by atoms with Crippen molar-refractivity contribution in [3.8, 4) is 0 Å². The molecule has 1 aromatic rings. The Balaban J connectivity index is 2.16. The van der Waals surface area contributed by atoms with E-state index in [1.807, 2.05) is 13.0 Å². The Morgan fingerprint density at radius 1 is 1.50 bits per heavy atom. The number of rotatable bonds is 5. The zero-order valence-corrected chi connectivity index (χ0v) is 12.4. The number of methoxy groups -OCH3 is 1. The molecule has 1 aromatic carbocycles. The van der Waals surface area contributed by atoms with Crippen molar-refractivity contribution in [2.24, 2.45) is 11.7 Å². The van der Waals surface area contributed by atoms with Gasteiger partial charge in [0.2, 0.25) is 0 Å². The van der Waals surface area contributed by atoms with Crippen LogP contribution in [0.3, 0.4) is 0 Å². The fourth-order valence-corrected chi connectivity index (χ4v) is 3.20. The lowest BCUT2D eigenvalue weighted by Crippen LogP contribution is -2.42. The number of hydrogen-bond donors (Lipinski definition) is 1. The number of nitrogens with zero attached hydrogens (tertiary/aromatic N) is 1. The Hall–Kier alpha value is -0.970. The summed E-state index contributed by atoms with van der Waals surface area (Å²) < 4.78 is 18.8. The molecule has 3 nitrogen and oxygen atoms in total. The molecular formula is C16H25FN2O. The molecule has 2 atom stereocenters. The van der Waals surface area contributed by atoms with Gasteiger partial charge in [-0.3, -0.25) is 4.90 Å². The number of likely N-dealkylation sites (tertiary alicyclic amines) is 1. The molecule has 0 aromatic heterocycles. The van der Waals surface area contributed by atoms with Crippen molar-refractivity contribution in [2.45, 2.75) is 25.8 Å². The molecule has 0 aliphatic carbocycles. The van der Waals surface area contributed by atoms with E-state index in [2.05, 4.69) is 4.90 Å². The SMILES string of the molecule is COCC1CCCN(C(CN)c2cc(F)ccc2C)C1. The van der Waals surface area contributed by atoms with Crippen LogP contribution in [0.2, 0.25) is 0 Å². The van der Waals surface area contributed by atoms with Gasteiger partial charge >= 0.3 is 0 Å². The quantitative estimate of drug-likeness (QED) is 0.900. The van der Waals surface area contributed by atoms with Crippen LogP contribution < -0.4 is 5.73 Å². The van der Waals surface area contributed by atoms with Crippen molar-refractivity contribution >= 4 is 0 Å². The van der Waals surface area contributed by atoms with Gasteiger partial charge in [-0.1, -0.05) is 6.07 Å². The number of ether oxygens (including phenoxy) is 1. The summed E-state index contributed by atoms with van der Waals surface area (Å²) in [6, 6.07) is 5.08. The highest BCUT2D eigenvalue weighted by molar-refractivity contribution is 5.30. The first-order chi connectivity index (χ1) is 9.65. The standard InChI is InChI=1S/C16H25FN2O/c1-12-5-6-14(17)8-15(12)16(9-18)19-7-3-4-13(10-19)11-20-2/h5-6,8,13,16H,3-4,7,9-11,18H2,1-2H3. The van der Waals surface area contributed by atoms with Gasteiger partial charge in [0.25, 0.3) is 0 Å². The molecule has 0 saturated carbocycles. The Bertz CT molecular complexity index is 436. The first-order valence-corrected chi connectivity index (χ1v) is 7.34. The number of benzene rings is 1. The minimum absolute atomic E-state index is 0.102. The van der Waals surface area contributed by atoms with E-state index >= 15 is 0 Å². The van der Waals surface area contributed by atoms with Crippen molar-refractivity contribution in [1.29, 1.82) is 0 Å². The van der Waals surface area contributed by atoms with E-state index in [1.54, 1.807) is 13.2 Å². The van der Waals surface area contributed by atoms with Crippen LogP contribution >= 0.6 is 0 Å². The smallest absolute Gasteiger partial charge is 0.123 e. The molecular weight excluding hydrogens is 255 g/mol. The van der Waals surface area contributed by atoms with Gasteiger partial charge in [-0.2, -0.15) is 0 Å². The van der Waals surface area contributed by atoms with Gasteiger partial charge in [-0.15, -0.1) is 0 Å². The average molecular weight is 280 g/mol. The van der Waals surface area contributed by atoms with Gasteiger partial charge in [0.1, 0.15) is 5.82 Å². The summed E-state index contributed by atoms with van der Waals surface area (Å²) in [5, 5.41) is 0. The van der Waals surface area contributed by atoms with Crippen LogP contribution in [0.15, 0.2) is 18.2 Å². The zero-order chi connectivity index (χ0) is 14.5. The first-order valence-electron chi connectivity index (χ1n) is 7.34. The van der Waals surface area contributed by atoms with E-state index in [-0.39, 0.29) is 11.9 Å². The van der Waals surface area contributed by atoms with Crippen LogP contribution in [0.1, 0.15) is 30.0 Å². The van der Waals surface area contributed by atoms with Crippen LogP contribution in [0.25, 0.3) is 0 Å². The monoisotopic (exact) mass is 280 g/mol. The number of piperidine rings is 1. The summed E-state index contributed by atoms with van der Waals surface area (Å²) in [6.07, 6.45) is 2.35. The molecule has 2 rings (SSSR count). The van der Waals surface area contributed by atoms with Gasteiger partial charge in [-0.05, 0) is 55.5 Å². The van der Waals surface area contributed by atoms with Crippen molar-refractivity contribution in [3.63, 3.8) is 0 Å². The second-order valence-corrected chi connectivity index (χ2v) is 5.71. The van der Waals surface area contributed by atoms with Gasteiger partial charge in [0.05, 0.1) is 6.61 Å². The van der Waals surface area contributed by atoms with Crippen LogP contribution in [-0.2, 0) is 4.74 Å². The second-order valence-electron chi connectivity index (χ2n) is 5.71. The van der Waals surface area contributed by atoms with E-state index in [4.69, 9.17) is 10.5 Å². The Morgan fingerprint density at radius 3 is 3.00 bits per heavy atom. The molecule has 1 fully saturated rings. The van der Waals surface area contributed by atoms with Crippen molar-refractivity contribution < 1.29 is 9.13 Å². The fourth-order valence-electron chi connectivity index (χ4n) is 3.20. The van der Waals surface area contributed by atoms with Crippen LogP contribution in [0.5, 0.6) is 0 Å². The third-order valence-electron chi connectivity index (χ3n) is 4.22. The van der Waals surface area contributed by atoms with Crippen LogP contribution in [0.4, 0.5) is 4.39 Å². The summed E-state index contributed by atoms with van der Waals surface area (Å²) in [7, 11) is 1.75. The number of nitrogens with two attached hydrogens (primary N) is 1. The highest BCUT2D eigenvalue weighted by atomic mass is 19.1. The van der Waals surface area contributed by atoms with Gasteiger partial charge in [0, 0.05) is 26.2 Å². The topological polar surface area (TPSA) is 38.5 Å². The van der Waals surface area contributed by atoms with E-state index in [0.717, 1.165) is 37.2 Å². The van der Waals surface area contributed by atoms with E-state index < -0.39 is 0 Å². The summed E-state index contributed by atoms with van der Waals surface area (Å²) in [5.74, 6) is 0.367. The molecule has 2 unspecified atom stereocenters. The van der Waals surface area contributed by atoms with Crippen molar-refractivity contribution in [1.82, 2.24) is 4.90 Å². The maximum Gasteiger partial charge on any atom is 0.123 e. The van der Waals surface area contributed by atoms with Crippen molar-refractivity contribution in [2.75, 3.05) is 33.4 Å². The molecule has 112 valence electrons. The Kier molecular flexibility index (Phi) is 5.52. The molecule has 1 aliphatic heterocycles. The molecule has 1 heterocycles. The second kappa shape index (κ2) is 7.16. The van der Waals surface area contributed by atoms with Crippen molar-refractivity contribution in [3.05, 3.63) is 35.1 Å². The third-order valence-corrected chi connectivity index (χ3v) is 4.22. The maximum atomic E-state index is 13.5. The van der Waals surface area contributed by atoms with E-state index in [1.165, 1.54) is 12.5 Å². The predicted molar refractivity (Wildman–Crippen MR) is 79.1 cm³/mol. The number of hydrogen-bond acceptors (Lipinski definition) is 3. The summed E-state index contributed by atoms with van der Waals surface area (Å²) in [6.45, 7) is 5.33. The largest absolute Gasteiger partial charge is 0.384 e. The lowest BCUT2D eigenvalue weighted by Gasteiger charge is -2.38. The molecule has 0 spiro atoms. The van der Waals surface area contributed by atoms with E-state index in [0.29, 0.717) is 12.5 Å². The van der Waals surface area contributed by atoms with Gasteiger partial charge < -0.3 is 10.5 Å².